The van der Waals surface area contributed by atoms with Gasteiger partial charge in [-0.15, -0.1) is 0 Å². The molecule has 0 fully saturated rings. The molecule has 162 valence electrons. The van der Waals surface area contributed by atoms with Crippen molar-refractivity contribution in [1.29, 1.82) is 0 Å². The van der Waals surface area contributed by atoms with Crippen LogP contribution in [0.15, 0.2) is 41.1 Å². The van der Waals surface area contributed by atoms with Crippen molar-refractivity contribution in [3.8, 4) is 11.1 Å². The molecule has 0 aliphatic carbocycles. The van der Waals surface area contributed by atoms with Crippen molar-refractivity contribution in [2.75, 3.05) is 43.3 Å². The molecule has 1 aliphatic rings. The lowest BCUT2D eigenvalue weighted by Gasteiger charge is -2.36. The molecule has 0 bridgehead atoms. The zero-order valence-electron chi connectivity index (χ0n) is 17.7. The number of carbonyl (C=O) groups is 2. The second-order valence-corrected chi connectivity index (χ2v) is 8.36. The normalized spacial score (nSPS) is 15.8. The fourth-order valence-corrected chi connectivity index (χ4v) is 4.20. The summed E-state index contributed by atoms with van der Waals surface area (Å²) >= 11 is 1.63. The highest BCUT2D eigenvalue weighted by Gasteiger charge is 2.38. The zero-order chi connectivity index (χ0) is 22.3. The first-order valence-electron chi connectivity index (χ1n) is 9.66. The minimum Gasteiger partial charge on any atom is -0.356 e. The molecule has 2 N–H and O–H groups in total. The van der Waals surface area contributed by atoms with Gasteiger partial charge in [-0.2, -0.15) is 16.3 Å². The van der Waals surface area contributed by atoms with Crippen LogP contribution in [0.3, 0.4) is 0 Å². The molecule has 0 spiro atoms. The average Bonchev–Trinajstić information content (AvgIpc) is 3.40. The van der Waals surface area contributed by atoms with Crippen LogP contribution in [0.25, 0.3) is 11.1 Å². The van der Waals surface area contributed by atoms with E-state index in [0.717, 1.165) is 11.1 Å². The zero-order valence-corrected chi connectivity index (χ0v) is 18.6. The van der Waals surface area contributed by atoms with Crippen molar-refractivity contribution in [2.24, 2.45) is 0 Å². The van der Waals surface area contributed by atoms with Crippen LogP contribution in [-0.4, -0.2) is 65.9 Å². The highest BCUT2D eigenvalue weighted by molar-refractivity contribution is 7.08. The first kappa shape index (κ1) is 20.9. The third-order valence-corrected chi connectivity index (χ3v) is 5.89. The third-order valence-electron chi connectivity index (χ3n) is 5.20. The molecule has 9 nitrogen and oxygen atoms in total. The summed E-state index contributed by atoms with van der Waals surface area (Å²) in [5.41, 5.74) is 3.15. The summed E-state index contributed by atoms with van der Waals surface area (Å²) in [6, 6.07) is 9.66. The Morgan fingerprint density at radius 1 is 1.16 bits per heavy atom. The Kier molecular flexibility index (Phi) is 5.42. The van der Waals surface area contributed by atoms with Gasteiger partial charge >= 0.3 is 0 Å². The summed E-state index contributed by atoms with van der Waals surface area (Å²) in [5, 5.41) is 17.2. The molecule has 10 heteroatoms. The minimum atomic E-state index is -1.12. The highest BCUT2D eigenvalue weighted by Crippen LogP contribution is 2.32. The molecule has 4 rings (SSSR count). The van der Waals surface area contributed by atoms with Gasteiger partial charge in [-0.25, -0.2) is 0 Å². The Morgan fingerprint density at radius 3 is 2.48 bits per heavy atom. The van der Waals surface area contributed by atoms with E-state index in [2.05, 4.69) is 15.7 Å². The largest absolute Gasteiger partial charge is 0.356 e. The van der Waals surface area contributed by atoms with Crippen LogP contribution >= 0.6 is 11.3 Å². The van der Waals surface area contributed by atoms with E-state index < -0.39 is 12.3 Å². The molecule has 0 saturated carbocycles. The van der Waals surface area contributed by atoms with E-state index in [1.54, 1.807) is 41.9 Å². The number of anilines is 3. The third kappa shape index (κ3) is 3.75. The summed E-state index contributed by atoms with van der Waals surface area (Å²) in [5.74, 6) is 0.118. The van der Waals surface area contributed by atoms with Crippen LogP contribution in [0.1, 0.15) is 10.5 Å². The molecule has 3 aromatic rings. The Hall–Kier alpha value is -3.37. The van der Waals surface area contributed by atoms with E-state index in [0.29, 0.717) is 17.5 Å². The molecular formula is C21H24N6O3S. The maximum absolute atomic E-state index is 12.8. The number of fused-ring (bicyclic) bond motifs is 1. The number of thiophene rings is 1. The summed E-state index contributed by atoms with van der Waals surface area (Å²) in [6.07, 6.45) is -1.12. The summed E-state index contributed by atoms with van der Waals surface area (Å²) in [4.78, 5) is 34.6. The van der Waals surface area contributed by atoms with Gasteiger partial charge < -0.3 is 20.2 Å². The predicted octanol–water partition coefficient (Wildman–Crippen LogP) is 2.11. The molecule has 2 aromatic heterocycles. The van der Waals surface area contributed by atoms with Gasteiger partial charge in [0, 0.05) is 33.9 Å². The topological polar surface area (TPSA) is 93.9 Å². The van der Waals surface area contributed by atoms with Crippen LogP contribution in [0.5, 0.6) is 0 Å². The molecular weight excluding hydrogens is 416 g/mol. The van der Waals surface area contributed by atoms with E-state index in [-0.39, 0.29) is 18.1 Å². The predicted molar refractivity (Wildman–Crippen MR) is 121 cm³/mol. The number of rotatable bonds is 5. The van der Waals surface area contributed by atoms with Gasteiger partial charge in [0.1, 0.15) is 6.54 Å². The maximum Gasteiger partial charge on any atom is 0.277 e. The lowest BCUT2D eigenvalue weighted by molar-refractivity contribution is -0.116. The number of aromatic nitrogens is 2. The van der Waals surface area contributed by atoms with Gasteiger partial charge in [0.05, 0.1) is 0 Å². The number of benzene rings is 1. The smallest absolute Gasteiger partial charge is 0.277 e. The molecule has 1 aromatic carbocycles. The van der Waals surface area contributed by atoms with E-state index in [4.69, 9.17) is 0 Å². The molecule has 1 unspecified atom stereocenters. The van der Waals surface area contributed by atoms with Gasteiger partial charge in [0.25, 0.3) is 5.91 Å². The fourth-order valence-electron chi connectivity index (χ4n) is 3.54. The van der Waals surface area contributed by atoms with Crippen LogP contribution < -0.4 is 15.1 Å². The van der Waals surface area contributed by atoms with Crippen molar-refractivity contribution in [2.45, 2.75) is 12.9 Å². The van der Waals surface area contributed by atoms with Gasteiger partial charge in [0.2, 0.25) is 18.2 Å². The lowest BCUT2D eigenvalue weighted by atomic mass is 10.1. The van der Waals surface area contributed by atoms with Crippen molar-refractivity contribution in [3.63, 3.8) is 0 Å². The number of nitrogens with one attached hydrogen (secondary N) is 1. The number of hydrogen-bond acceptors (Lipinski definition) is 7. The molecule has 3 heterocycles. The van der Waals surface area contributed by atoms with Crippen molar-refractivity contribution in [3.05, 3.63) is 46.8 Å². The van der Waals surface area contributed by atoms with E-state index in [1.807, 2.05) is 35.7 Å². The van der Waals surface area contributed by atoms with Gasteiger partial charge in [-0.1, -0.05) is 12.1 Å². The number of amides is 2. The first-order valence-corrected chi connectivity index (χ1v) is 10.6. The molecule has 31 heavy (non-hydrogen) atoms. The van der Waals surface area contributed by atoms with Crippen molar-refractivity contribution in [1.82, 2.24) is 14.5 Å². The Labute approximate surface area is 184 Å². The quantitative estimate of drug-likeness (QED) is 0.631. The van der Waals surface area contributed by atoms with E-state index in [1.165, 1.54) is 16.8 Å². The number of aliphatic hydroxyl groups is 1. The lowest BCUT2D eigenvalue weighted by Crippen LogP contribution is -2.52. The Balaban J connectivity index is 1.58. The fraction of sp³-hybridized carbons (Fsp3) is 0.286. The number of imidazole rings is 1. The van der Waals surface area contributed by atoms with Crippen LogP contribution in [0.2, 0.25) is 0 Å². The van der Waals surface area contributed by atoms with Gasteiger partial charge in [-0.05, 0) is 40.1 Å². The first-order chi connectivity index (χ1) is 14.8. The molecule has 1 aliphatic heterocycles. The maximum atomic E-state index is 12.8. The molecule has 0 radical (unpaired) electrons. The summed E-state index contributed by atoms with van der Waals surface area (Å²) in [7, 11) is 6.73. The Morgan fingerprint density at radius 2 is 1.87 bits per heavy atom. The summed E-state index contributed by atoms with van der Waals surface area (Å²) < 4.78 is 1.58. The van der Waals surface area contributed by atoms with Crippen molar-refractivity contribution >= 4 is 40.6 Å². The number of hydrogen-bond donors (Lipinski definition) is 2. The average molecular weight is 441 g/mol. The highest BCUT2D eigenvalue weighted by atomic mass is 32.1. The van der Waals surface area contributed by atoms with Gasteiger partial charge in [0.15, 0.2) is 11.5 Å². The second-order valence-electron chi connectivity index (χ2n) is 7.58. The standard InChI is InChI=1S/C21H24N6O3S/c1-24(2)20-23-18-17(19(29)26(4)21(30)25(18)3)27(20)11-16(28)22-15-7-5-13(6-8-15)14-9-10-31-12-14/h5-10,12,21,30H,11H2,1-4H3,(H,22,28). The Bertz CT molecular complexity index is 1110. The summed E-state index contributed by atoms with van der Waals surface area (Å²) in [6.45, 7) is -0.0916. The van der Waals surface area contributed by atoms with Gasteiger partial charge in [-0.3, -0.25) is 19.1 Å². The molecule has 2 amide bonds. The van der Waals surface area contributed by atoms with Crippen LogP contribution in [0, 0.1) is 0 Å². The van der Waals surface area contributed by atoms with E-state index in [9.17, 15) is 14.7 Å². The van der Waals surface area contributed by atoms with Crippen molar-refractivity contribution < 1.29 is 14.7 Å². The molecule has 1 atom stereocenters. The number of carbonyl (C=O) groups excluding carboxylic acids is 2. The second kappa shape index (κ2) is 8.05. The SMILES string of the molecule is CN(C)c1nc2c(n1CC(=O)Nc1ccc(-c3ccsc3)cc1)C(=O)N(C)C(O)N2C. The van der Waals surface area contributed by atoms with Crippen LogP contribution in [0.4, 0.5) is 17.5 Å². The minimum absolute atomic E-state index is 0.0916. The number of nitrogens with zero attached hydrogens (tertiary/aromatic N) is 5. The molecule has 0 saturated heterocycles. The number of aliphatic hydroxyl groups excluding tert-OH is 1. The monoisotopic (exact) mass is 440 g/mol. The van der Waals surface area contributed by atoms with Crippen LogP contribution in [-0.2, 0) is 11.3 Å². The van der Waals surface area contributed by atoms with E-state index >= 15 is 0 Å².